The van der Waals surface area contributed by atoms with Gasteiger partial charge >= 0.3 is 8.25 Å². The Morgan fingerprint density at radius 3 is 2.39 bits per heavy atom. The van der Waals surface area contributed by atoms with Gasteiger partial charge in [-0.1, -0.05) is 68.4 Å². The average molecular weight is 489 g/mol. The predicted molar refractivity (Wildman–Crippen MR) is 143 cm³/mol. The SMILES string of the molecule is CC1(C)c2ccccc2-c2cc3c4ccccc4n(-c4ccc(C=C(C#N)O[P+](=O)O)cc4)c3cc21. The molecule has 1 unspecified atom stereocenters. The number of fused-ring (bicyclic) bond motifs is 6. The van der Waals surface area contributed by atoms with E-state index < -0.39 is 8.25 Å². The van der Waals surface area contributed by atoms with Crippen LogP contribution in [0, 0.1) is 11.3 Å². The smallest absolute Gasteiger partial charge is 0.309 e. The fourth-order valence-corrected chi connectivity index (χ4v) is 5.74. The van der Waals surface area contributed by atoms with Crippen molar-refractivity contribution < 1.29 is 14.0 Å². The zero-order valence-corrected chi connectivity index (χ0v) is 20.7. The highest BCUT2D eigenvalue weighted by molar-refractivity contribution is 7.32. The molecule has 5 aromatic rings. The monoisotopic (exact) mass is 489 g/mol. The van der Waals surface area contributed by atoms with Crippen molar-refractivity contribution in [3.63, 3.8) is 0 Å². The minimum atomic E-state index is -2.89. The molecule has 6 heteroatoms. The highest BCUT2D eigenvalue weighted by Gasteiger charge is 2.36. The van der Waals surface area contributed by atoms with Gasteiger partial charge in [0, 0.05) is 32.5 Å². The van der Waals surface area contributed by atoms with Crippen molar-refractivity contribution in [3.05, 3.63) is 107 Å². The number of rotatable bonds is 4. The first-order valence-electron chi connectivity index (χ1n) is 11.6. The third-order valence-corrected chi connectivity index (χ3v) is 7.46. The van der Waals surface area contributed by atoms with E-state index in [9.17, 15) is 9.83 Å². The summed E-state index contributed by atoms with van der Waals surface area (Å²) < 4.78 is 17.9. The molecule has 1 N–H and O–H groups in total. The lowest BCUT2D eigenvalue weighted by atomic mass is 9.82. The lowest BCUT2D eigenvalue weighted by Gasteiger charge is -2.21. The second-order valence-corrected chi connectivity index (χ2v) is 10.1. The summed E-state index contributed by atoms with van der Waals surface area (Å²) in [7, 11) is -2.89. The van der Waals surface area contributed by atoms with Crippen LogP contribution in [-0.2, 0) is 14.5 Å². The molecule has 0 saturated heterocycles. The Bertz CT molecular complexity index is 1770. The number of benzene rings is 4. The van der Waals surface area contributed by atoms with Gasteiger partial charge in [-0.05, 0) is 58.1 Å². The first kappa shape index (κ1) is 22.2. The number of hydrogen-bond donors (Lipinski definition) is 1. The molecule has 5 nitrogen and oxygen atoms in total. The molecule has 1 atom stereocenters. The molecule has 0 radical (unpaired) electrons. The molecule has 0 spiro atoms. The van der Waals surface area contributed by atoms with Gasteiger partial charge in [-0.2, -0.15) is 5.26 Å². The van der Waals surface area contributed by atoms with Gasteiger partial charge in [-0.3, -0.25) is 0 Å². The number of nitriles is 1. The number of para-hydroxylation sites is 1. The minimum absolute atomic E-state index is 0.0998. The summed E-state index contributed by atoms with van der Waals surface area (Å²) in [6, 6.07) is 31.2. The Morgan fingerprint density at radius 2 is 1.64 bits per heavy atom. The second kappa shape index (κ2) is 8.17. The fourth-order valence-electron chi connectivity index (χ4n) is 5.48. The molecule has 0 saturated carbocycles. The Labute approximate surface area is 209 Å². The molecule has 1 aliphatic rings. The van der Waals surface area contributed by atoms with E-state index in [0.29, 0.717) is 5.56 Å². The van der Waals surface area contributed by atoms with Crippen molar-refractivity contribution in [2.45, 2.75) is 19.3 Å². The molecule has 6 rings (SSSR count). The summed E-state index contributed by atoms with van der Waals surface area (Å²) in [5.41, 5.74) is 9.09. The summed E-state index contributed by atoms with van der Waals surface area (Å²) in [6.07, 6.45) is 1.45. The molecule has 0 bridgehead atoms. The summed E-state index contributed by atoms with van der Waals surface area (Å²) in [4.78, 5) is 8.95. The Balaban J connectivity index is 1.56. The minimum Gasteiger partial charge on any atom is -0.309 e. The van der Waals surface area contributed by atoms with Gasteiger partial charge in [0.2, 0.25) is 0 Å². The first-order valence-corrected chi connectivity index (χ1v) is 12.8. The van der Waals surface area contributed by atoms with Crippen LogP contribution in [0.5, 0.6) is 0 Å². The lowest BCUT2D eigenvalue weighted by molar-refractivity contribution is 0.365. The van der Waals surface area contributed by atoms with E-state index in [2.05, 4.69) is 77.5 Å². The number of nitrogens with zero attached hydrogens (tertiary/aromatic N) is 2. The van der Waals surface area contributed by atoms with Gasteiger partial charge in [0.1, 0.15) is 6.07 Å². The topological polar surface area (TPSA) is 75.2 Å². The Kier molecular flexibility index (Phi) is 5.05. The highest BCUT2D eigenvalue weighted by Crippen LogP contribution is 2.50. The molecule has 1 aliphatic carbocycles. The van der Waals surface area contributed by atoms with Gasteiger partial charge in [0.05, 0.1) is 11.0 Å². The Hall–Kier alpha value is -4.23. The molecule has 1 aromatic heterocycles. The van der Waals surface area contributed by atoms with E-state index in [0.717, 1.165) is 16.7 Å². The summed E-state index contributed by atoms with van der Waals surface area (Å²) in [5, 5.41) is 11.6. The van der Waals surface area contributed by atoms with Crippen LogP contribution in [0.25, 0.3) is 44.7 Å². The van der Waals surface area contributed by atoms with Crippen molar-refractivity contribution in [2.75, 3.05) is 0 Å². The van der Waals surface area contributed by atoms with Crippen molar-refractivity contribution >= 4 is 36.1 Å². The Morgan fingerprint density at radius 1 is 0.917 bits per heavy atom. The van der Waals surface area contributed by atoms with Crippen LogP contribution in [0.15, 0.2) is 90.7 Å². The van der Waals surface area contributed by atoms with Crippen LogP contribution in [0.1, 0.15) is 30.5 Å². The van der Waals surface area contributed by atoms with E-state index in [4.69, 9.17) is 4.89 Å². The molecule has 0 amide bonds. The molecule has 1 heterocycles. The van der Waals surface area contributed by atoms with E-state index in [-0.39, 0.29) is 11.2 Å². The van der Waals surface area contributed by atoms with Gasteiger partial charge in [0.25, 0.3) is 5.76 Å². The largest absolute Gasteiger partial charge is 0.748 e. The maximum Gasteiger partial charge on any atom is 0.748 e. The van der Waals surface area contributed by atoms with E-state index in [1.54, 1.807) is 6.07 Å². The van der Waals surface area contributed by atoms with E-state index >= 15 is 0 Å². The summed E-state index contributed by atoms with van der Waals surface area (Å²) >= 11 is 0. The zero-order chi connectivity index (χ0) is 25.0. The number of hydrogen-bond acceptors (Lipinski definition) is 3. The van der Waals surface area contributed by atoms with Crippen molar-refractivity contribution in [1.82, 2.24) is 4.57 Å². The third kappa shape index (κ3) is 3.35. The zero-order valence-electron chi connectivity index (χ0n) is 19.8. The normalized spacial score (nSPS) is 14.4. The van der Waals surface area contributed by atoms with Gasteiger partial charge in [0.15, 0.2) is 0 Å². The standard InChI is InChI=1S/C30H21N2O3P/c1-30(2)26-9-5-3-7-22(26)24-16-25-23-8-4-6-10-28(23)32(29(25)17-27(24)30)20-13-11-19(12-14-20)15-21(18-31)35-36(33)34/h3-17H,1-2H3/p+1. The fraction of sp³-hybridized carbons (Fsp3) is 0.100. The predicted octanol–water partition coefficient (Wildman–Crippen LogP) is 7.62. The molecular weight excluding hydrogens is 467 g/mol. The second-order valence-electron chi connectivity index (χ2n) is 9.48. The van der Waals surface area contributed by atoms with Gasteiger partial charge < -0.3 is 4.57 Å². The molecule has 0 aliphatic heterocycles. The molecule has 0 fully saturated rings. The van der Waals surface area contributed by atoms with E-state index in [1.165, 1.54) is 39.1 Å². The molecule has 36 heavy (non-hydrogen) atoms. The maximum absolute atomic E-state index is 10.9. The molecule has 4 aromatic carbocycles. The summed E-state index contributed by atoms with van der Waals surface area (Å²) in [6.45, 7) is 4.57. The lowest BCUT2D eigenvalue weighted by Crippen LogP contribution is -2.14. The number of allylic oxidation sites excluding steroid dienone is 1. The van der Waals surface area contributed by atoms with Crippen LogP contribution in [0.3, 0.4) is 0 Å². The van der Waals surface area contributed by atoms with Gasteiger partial charge in [-0.15, -0.1) is 4.89 Å². The quantitative estimate of drug-likeness (QED) is 0.160. The van der Waals surface area contributed by atoms with Crippen molar-refractivity contribution in [3.8, 4) is 22.9 Å². The van der Waals surface area contributed by atoms with Crippen molar-refractivity contribution in [1.29, 1.82) is 5.26 Å². The third-order valence-electron chi connectivity index (χ3n) is 7.11. The van der Waals surface area contributed by atoms with E-state index in [1.807, 2.05) is 30.3 Å². The van der Waals surface area contributed by atoms with Crippen LogP contribution in [0.2, 0.25) is 0 Å². The van der Waals surface area contributed by atoms with Crippen LogP contribution >= 0.6 is 8.25 Å². The number of aromatic nitrogens is 1. The first-order chi connectivity index (χ1) is 17.4. The van der Waals surface area contributed by atoms with Crippen molar-refractivity contribution in [2.24, 2.45) is 0 Å². The molecule has 174 valence electrons. The maximum atomic E-state index is 10.9. The average Bonchev–Trinajstić information content (AvgIpc) is 3.32. The summed E-state index contributed by atoms with van der Waals surface area (Å²) in [5.74, 6) is -0.208. The highest BCUT2D eigenvalue weighted by atomic mass is 31.1. The van der Waals surface area contributed by atoms with Crippen LogP contribution < -0.4 is 0 Å². The van der Waals surface area contributed by atoms with Gasteiger partial charge in [-0.25, -0.2) is 4.52 Å². The van der Waals surface area contributed by atoms with Crippen LogP contribution in [0.4, 0.5) is 0 Å². The van der Waals surface area contributed by atoms with Crippen LogP contribution in [-0.4, -0.2) is 9.46 Å². The molecular formula is C30H22N2O3P+.